The number of nitrogens with zero attached hydrogens (tertiary/aromatic N) is 1. The van der Waals surface area contributed by atoms with Crippen LogP contribution in [0.5, 0.6) is 11.5 Å². The van der Waals surface area contributed by atoms with Crippen LogP contribution in [0.1, 0.15) is 39.9 Å². The number of fused-ring (bicyclic) bond motifs is 1. The summed E-state index contributed by atoms with van der Waals surface area (Å²) >= 11 is 0. The number of halogens is 3. The molecule has 0 saturated carbocycles. The van der Waals surface area contributed by atoms with Crippen molar-refractivity contribution in [2.45, 2.75) is 25.6 Å². The SMILES string of the molecule is COc1cc(OCCCC(=O)O)ccc1CNc1cccc(-c2c(C(=O)c3ccccc3)cnc3c(C(F)(F)F)cccc23)c1. The molecule has 230 valence electrons. The second-order valence-electron chi connectivity index (χ2n) is 10.2. The number of carbonyl (C=O) groups is 2. The van der Waals surface area contributed by atoms with E-state index in [0.29, 0.717) is 46.8 Å². The first kappa shape index (κ1) is 31.1. The van der Waals surface area contributed by atoms with Crippen molar-refractivity contribution >= 4 is 28.3 Å². The highest BCUT2D eigenvalue weighted by molar-refractivity contribution is 6.16. The monoisotopic (exact) mass is 614 g/mol. The lowest BCUT2D eigenvalue weighted by Crippen LogP contribution is -2.09. The van der Waals surface area contributed by atoms with Gasteiger partial charge in [-0.05, 0) is 42.3 Å². The average molecular weight is 615 g/mol. The summed E-state index contributed by atoms with van der Waals surface area (Å²) in [6.45, 7) is 0.597. The van der Waals surface area contributed by atoms with Gasteiger partial charge in [-0.1, -0.05) is 54.6 Å². The molecule has 0 saturated heterocycles. The number of hydrogen-bond acceptors (Lipinski definition) is 6. The number of nitrogens with one attached hydrogen (secondary N) is 1. The summed E-state index contributed by atoms with van der Waals surface area (Å²) in [4.78, 5) is 28.5. The Balaban J connectivity index is 1.48. The third kappa shape index (κ3) is 7.23. The first-order chi connectivity index (χ1) is 21.7. The van der Waals surface area contributed by atoms with Crippen LogP contribution in [0.15, 0.2) is 97.2 Å². The second-order valence-corrected chi connectivity index (χ2v) is 10.2. The summed E-state index contributed by atoms with van der Waals surface area (Å²) in [5.74, 6) is -0.138. The van der Waals surface area contributed by atoms with Crippen LogP contribution in [-0.2, 0) is 17.5 Å². The van der Waals surface area contributed by atoms with Gasteiger partial charge in [-0.2, -0.15) is 13.2 Å². The summed E-state index contributed by atoms with van der Waals surface area (Å²) in [6, 6.07) is 24.8. The van der Waals surface area contributed by atoms with Crippen molar-refractivity contribution in [1.82, 2.24) is 4.98 Å². The Morgan fingerprint density at radius 1 is 0.933 bits per heavy atom. The minimum absolute atomic E-state index is 0.0128. The van der Waals surface area contributed by atoms with Crippen LogP contribution in [0.3, 0.4) is 0 Å². The van der Waals surface area contributed by atoms with E-state index >= 15 is 0 Å². The van der Waals surface area contributed by atoms with Crippen molar-refractivity contribution in [2.24, 2.45) is 0 Å². The molecule has 7 nitrogen and oxygen atoms in total. The maximum atomic E-state index is 13.9. The van der Waals surface area contributed by atoms with Crippen molar-refractivity contribution in [3.8, 4) is 22.6 Å². The van der Waals surface area contributed by atoms with E-state index in [1.54, 1.807) is 66.7 Å². The Hall–Kier alpha value is -5.38. The van der Waals surface area contributed by atoms with Gasteiger partial charge in [0, 0.05) is 58.6 Å². The van der Waals surface area contributed by atoms with Gasteiger partial charge in [0.15, 0.2) is 5.78 Å². The Bertz CT molecular complexity index is 1840. The lowest BCUT2D eigenvalue weighted by molar-refractivity contribution is -0.137. The number of anilines is 1. The Morgan fingerprint density at radius 3 is 2.44 bits per heavy atom. The first-order valence-corrected chi connectivity index (χ1v) is 14.1. The molecule has 0 aliphatic heterocycles. The molecule has 0 fully saturated rings. The van der Waals surface area contributed by atoms with Crippen LogP contribution < -0.4 is 14.8 Å². The fourth-order valence-electron chi connectivity index (χ4n) is 5.04. The lowest BCUT2D eigenvalue weighted by atomic mass is 9.91. The molecule has 0 radical (unpaired) electrons. The van der Waals surface area contributed by atoms with E-state index in [2.05, 4.69) is 10.3 Å². The number of para-hydroxylation sites is 1. The number of alkyl halides is 3. The van der Waals surface area contributed by atoms with E-state index in [-0.39, 0.29) is 35.3 Å². The van der Waals surface area contributed by atoms with Crippen molar-refractivity contribution in [3.05, 3.63) is 119 Å². The van der Waals surface area contributed by atoms with Gasteiger partial charge < -0.3 is 19.9 Å². The molecule has 45 heavy (non-hydrogen) atoms. The molecule has 0 spiro atoms. The van der Waals surface area contributed by atoms with Crippen molar-refractivity contribution in [2.75, 3.05) is 19.0 Å². The molecule has 0 amide bonds. The number of pyridine rings is 1. The topological polar surface area (TPSA) is 97.8 Å². The summed E-state index contributed by atoms with van der Waals surface area (Å²) in [6.07, 6.45) is -3.02. The molecule has 5 aromatic rings. The molecule has 2 N–H and O–H groups in total. The quantitative estimate of drug-likeness (QED) is 0.109. The standard InChI is InChI=1S/C35H29F3N2O5/c1-44-30-19-26(45-17-7-14-31(41)42)16-15-24(30)20-39-25-11-5-10-23(18-25)32-27-12-6-13-29(35(36,37)38)33(27)40-21-28(32)34(43)22-8-3-2-4-9-22/h2-6,8-13,15-16,18-19,21,39H,7,14,17,20H2,1H3,(H,41,42). The molecule has 0 aliphatic carbocycles. The number of carbonyl (C=O) groups excluding carboxylic acids is 1. The molecular weight excluding hydrogens is 585 g/mol. The molecule has 1 heterocycles. The van der Waals surface area contributed by atoms with Gasteiger partial charge in [0.2, 0.25) is 0 Å². The van der Waals surface area contributed by atoms with Gasteiger partial charge in [-0.25, -0.2) is 0 Å². The number of carboxylic acids is 1. The molecule has 5 rings (SSSR count). The molecular formula is C35H29F3N2O5. The van der Waals surface area contributed by atoms with Gasteiger partial charge in [-0.15, -0.1) is 0 Å². The van der Waals surface area contributed by atoms with Gasteiger partial charge in [0.05, 0.1) is 24.8 Å². The van der Waals surface area contributed by atoms with Gasteiger partial charge in [-0.3, -0.25) is 14.6 Å². The van der Waals surface area contributed by atoms with Crippen molar-refractivity contribution in [1.29, 1.82) is 0 Å². The zero-order chi connectivity index (χ0) is 32.0. The molecule has 10 heteroatoms. The Labute approximate surface area is 257 Å². The van der Waals surface area contributed by atoms with Crippen molar-refractivity contribution < 1.29 is 37.3 Å². The van der Waals surface area contributed by atoms with Gasteiger partial charge >= 0.3 is 12.1 Å². The van der Waals surface area contributed by atoms with E-state index in [4.69, 9.17) is 14.6 Å². The zero-order valence-corrected chi connectivity index (χ0v) is 24.2. The summed E-state index contributed by atoms with van der Waals surface area (Å²) < 4.78 is 53.0. The highest BCUT2D eigenvalue weighted by atomic mass is 19.4. The average Bonchev–Trinajstić information content (AvgIpc) is 3.04. The number of benzene rings is 4. The number of rotatable bonds is 12. The highest BCUT2D eigenvalue weighted by Gasteiger charge is 2.34. The number of aromatic nitrogens is 1. The third-order valence-corrected chi connectivity index (χ3v) is 7.18. The Kier molecular flexibility index (Phi) is 9.32. The summed E-state index contributed by atoms with van der Waals surface area (Å²) in [5.41, 5.74) is 1.83. The maximum absolute atomic E-state index is 13.9. The van der Waals surface area contributed by atoms with E-state index in [1.165, 1.54) is 19.4 Å². The maximum Gasteiger partial charge on any atom is 0.418 e. The third-order valence-electron chi connectivity index (χ3n) is 7.18. The number of ether oxygens (including phenoxy) is 2. The smallest absolute Gasteiger partial charge is 0.418 e. The van der Waals surface area contributed by atoms with E-state index in [1.807, 2.05) is 12.1 Å². The molecule has 1 aromatic heterocycles. The van der Waals surface area contributed by atoms with Gasteiger partial charge in [0.1, 0.15) is 11.5 Å². The van der Waals surface area contributed by atoms with E-state index in [9.17, 15) is 22.8 Å². The predicted molar refractivity (Wildman–Crippen MR) is 165 cm³/mol. The summed E-state index contributed by atoms with van der Waals surface area (Å²) in [5, 5.41) is 12.3. The van der Waals surface area contributed by atoms with Crippen molar-refractivity contribution in [3.63, 3.8) is 0 Å². The highest BCUT2D eigenvalue weighted by Crippen LogP contribution is 2.39. The fourth-order valence-corrected chi connectivity index (χ4v) is 5.04. The minimum Gasteiger partial charge on any atom is -0.496 e. The van der Waals surface area contributed by atoms with Crippen LogP contribution in [0.2, 0.25) is 0 Å². The predicted octanol–water partition coefficient (Wildman–Crippen LogP) is 8.02. The number of hydrogen-bond donors (Lipinski definition) is 2. The largest absolute Gasteiger partial charge is 0.496 e. The molecule has 0 atom stereocenters. The second kappa shape index (κ2) is 13.5. The number of carboxylic acid groups (broad SMARTS) is 1. The number of ketones is 1. The van der Waals surface area contributed by atoms with Crippen LogP contribution in [0, 0.1) is 0 Å². The fraction of sp³-hybridized carbons (Fsp3) is 0.171. The van der Waals surface area contributed by atoms with Crippen LogP contribution in [-0.4, -0.2) is 35.6 Å². The minimum atomic E-state index is -4.63. The Morgan fingerprint density at radius 2 is 1.71 bits per heavy atom. The molecule has 0 bridgehead atoms. The van der Waals surface area contributed by atoms with E-state index < -0.39 is 17.7 Å². The number of methoxy groups -OCH3 is 1. The van der Waals surface area contributed by atoms with Crippen LogP contribution in [0.4, 0.5) is 18.9 Å². The zero-order valence-electron chi connectivity index (χ0n) is 24.2. The van der Waals surface area contributed by atoms with E-state index in [0.717, 1.165) is 11.6 Å². The van der Waals surface area contributed by atoms with Crippen LogP contribution in [0.25, 0.3) is 22.0 Å². The van der Waals surface area contributed by atoms with Gasteiger partial charge in [0.25, 0.3) is 0 Å². The molecule has 0 unspecified atom stereocenters. The van der Waals surface area contributed by atoms with Crippen LogP contribution >= 0.6 is 0 Å². The number of aliphatic carboxylic acids is 1. The lowest BCUT2D eigenvalue weighted by Gasteiger charge is -2.17. The normalized spacial score (nSPS) is 11.3. The molecule has 4 aromatic carbocycles. The summed E-state index contributed by atoms with van der Waals surface area (Å²) in [7, 11) is 1.53. The first-order valence-electron chi connectivity index (χ1n) is 14.1. The molecule has 0 aliphatic rings.